The number of aryl methyl sites for hydroxylation is 1. The van der Waals surface area contributed by atoms with Crippen molar-refractivity contribution in [3.05, 3.63) is 35.5 Å². The lowest BCUT2D eigenvalue weighted by Crippen LogP contribution is -1.94. The van der Waals surface area contributed by atoms with E-state index < -0.39 is 0 Å². The Morgan fingerprint density at radius 3 is 2.92 bits per heavy atom. The van der Waals surface area contributed by atoms with Crippen molar-refractivity contribution in [3.63, 3.8) is 0 Å². The Morgan fingerprint density at radius 2 is 2.25 bits per heavy atom. The van der Waals surface area contributed by atoms with Crippen LogP contribution in [0.4, 0.5) is 0 Å². The number of aromatic amines is 1. The summed E-state index contributed by atoms with van der Waals surface area (Å²) in [5, 5.41) is 1.28. The molecule has 3 N–H and O–H groups in total. The van der Waals surface area contributed by atoms with Gasteiger partial charge in [0.25, 0.3) is 0 Å². The maximum atomic E-state index is 5.53. The minimum atomic E-state index is 0.578. The minimum absolute atomic E-state index is 0.578. The van der Waals surface area contributed by atoms with Crippen LogP contribution in [0.1, 0.15) is 11.3 Å². The predicted molar refractivity (Wildman–Crippen MR) is 50.9 cm³/mol. The molecule has 1 aromatic carbocycles. The van der Waals surface area contributed by atoms with Crippen molar-refractivity contribution in [2.45, 2.75) is 13.5 Å². The summed E-state index contributed by atoms with van der Waals surface area (Å²) in [5.74, 6) is 0. The first-order valence-corrected chi connectivity index (χ1v) is 4.08. The Labute approximate surface area is 71.4 Å². The zero-order valence-electron chi connectivity index (χ0n) is 7.09. The number of rotatable bonds is 1. The van der Waals surface area contributed by atoms with E-state index in [0.29, 0.717) is 6.54 Å². The molecule has 0 saturated heterocycles. The van der Waals surface area contributed by atoms with E-state index in [2.05, 4.69) is 36.2 Å². The smallest absolute Gasteiger partial charge is 0.0459 e. The molecule has 0 aliphatic heterocycles. The summed E-state index contributed by atoms with van der Waals surface area (Å²) in [7, 11) is 0. The van der Waals surface area contributed by atoms with Gasteiger partial charge in [-0.25, -0.2) is 0 Å². The van der Waals surface area contributed by atoms with Gasteiger partial charge < -0.3 is 10.7 Å². The molecule has 2 rings (SSSR count). The highest BCUT2D eigenvalue weighted by Gasteiger charge is 1.99. The molecule has 1 aromatic heterocycles. The molecule has 12 heavy (non-hydrogen) atoms. The van der Waals surface area contributed by atoms with Crippen LogP contribution in [0.2, 0.25) is 0 Å². The third-order valence-electron chi connectivity index (χ3n) is 2.16. The van der Waals surface area contributed by atoms with Crippen molar-refractivity contribution in [1.82, 2.24) is 4.98 Å². The number of hydrogen-bond donors (Lipinski definition) is 2. The van der Waals surface area contributed by atoms with E-state index in [1.165, 1.54) is 16.5 Å². The molecule has 0 aliphatic rings. The lowest BCUT2D eigenvalue weighted by atomic mass is 10.1. The van der Waals surface area contributed by atoms with E-state index in [0.717, 1.165) is 5.69 Å². The Morgan fingerprint density at radius 1 is 1.42 bits per heavy atom. The monoisotopic (exact) mass is 160 g/mol. The van der Waals surface area contributed by atoms with Crippen LogP contribution in [0.5, 0.6) is 0 Å². The van der Waals surface area contributed by atoms with Crippen molar-refractivity contribution in [2.75, 3.05) is 0 Å². The quantitative estimate of drug-likeness (QED) is 0.657. The van der Waals surface area contributed by atoms with E-state index in [4.69, 9.17) is 5.73 Å². The fourth-order valence-electron chi connectivity index (χ4n) is 1.47. The first-order valence-electron chi connectivity index (χ1n) is 4.08. The maximum Gasteiger partial charge on any atom is 0.0459 e. The molecular formula is C10H12N2. The second kappa shape index (κ2) is 2.64. The number of H-pyrrole nitrogens is 1. The third-order valence-corrected chi connectivity index (χ3v) is 2.16. The van der Waals surface area contributed by atoms with Crippen LogP contribution in [0.15, 0.2) is 24.3 Å². The van der Waals surface area contributed by atoms with Crippen LogP contribution in [-0.2, 0) is 6.54 Å². The fourth-order valence-corrected chi connectivity index (χ4v) is 1.47. The molecule has 0 atom stereocenters. The molecule has 2 aromatic rings. The summed E-state index contributed by atoms with van der Waals surface area (Å²) >= 11 is 0. The second-order valence-electron chi connectivity index (χ2n) is 3.03. The number of nitrogens with two attached hydrogens (primary N) is 1. The van der Waals surface area contributed by atoms with E-state index in [-0.39, 0.29) is 0 Å². The number of aromatic nitrogens is 1. The van der Waals surface area contributed by atoms with Crippen LogP contribution in [-0.4, -0.2) is 4.98 Å². The highest BCUT2D eigenvalue weighted by Crippen LogP contribution is 2.18. The lowest BCUT2D eigenvalue weighted by Gasteiger charge is -1.92. The molecule has 0 spiro atoms. The SMILES string of the molecule is Cc1cccc2[nH]c(CN)cc12. The van der Waals surface area contributed by atoms with Gasteiger partial charge in [-0.1, -0.05) is 12.1 Å². The van der Waals surface area contributed by atoms with Crippen LogP contribution in [0.25, 0.3) is 10.9 Å². The molecule has 1 heterocycles. The normalized spacial score (nSPS) is 10.8. The molecule has 62 valence electrons. The average Bonchev–Trinajstić information content (AvgIpc) is 2.49. The number of benzene rings is 1. The molecule has 0 radical (unpaired) electrons. The van der Waals surface area contributed by atoms with Crippen LogP contribution in [0.3, 0.4) is 0 Å². The average molecular weight is 160 g/mol. The largest absolute Gasteiger partial charge is 0.357 e. The van der Waals surface area contributed by atoms with Crippen molar-refractivity contribution >= 4 is 10.9 Å². The van der Waals surface area contributed by atoms with Gasteiger partial charge in [-0.2, -0.15) is 0 Å². The van der Waals surface area contributed by atoms with Crippen molar-refractivity contribution in [1.29, 1.82) is 0 Å². The van der Waals surface area contributed by atoms with Crippen LogP contribution >= 0.6 is 0 Å². The topological polar surface area (TPSA) is 41.8 Å². The molecule has 2 heteroatoms. The second-order valence-corrected chi connectivity index (χ2v) is 3.03. The number of nitrogens with one attached hydrogen (secondary N) is 1. The Balaban J connectivity index is 2.74. The summed E-state index contributed by atoms with van der Waals surface area (Å²) < 4.78 is 0. The molecular weight excluding hydrogens is 148 g/mol. The highest BCUT2D eigenvalue weighted by atomic mass is 14.7. The van der Waals surface area contributed by atoms with Gasteiger partial charge in [-0.05, 0) is 24.6 Å². The van der Waals surface area contributed by atoms with Crippen molar-refractivity contribution in [2.24, 2.45) is 5.73 Å². The first kappa shape index (κ1) is 7.37. The van der Waals surface area contributed by atoms with Gasteiger partial charge in [0.05, 0.1) is 0 Å². The summed E-state index contributed by atoms with van der Waals surface area (Å²) in [6.45, 7) is 2.69. The molecule has 0 aliphatic carbocycles. The number of fused-ring (bicyclic) bond motifs is 1. The van der Waals surface area contributed by atoms with Gasteiger partial charge in [0, 0.05) is 23.1 Å². The van der Waals surface area contributed by atoms with Gasteiger partial charge in [0.2, 0.25) is 0 Å². The van der Waals surface area contributed by atoms with Gasteiger partial charge in [-0.3, -0.25) is 0 Å². The third kappa shape index (κ3) is 1.01. The standard InChI is InChI=1S/C10H12N2/c1-7-3-2-4-10-9(7)5-8(6-11)12-10/h2-5,12H,6,11H2,1H3. The van der Waals surface area contributed by atoms with E-state index in [1.807, 2.05) is 0 Å². The highest BCUT2D eigenvalue weighted by molar-refractivity contribution is 5.83. The van der Waals surface area contributed by atoms with Crippen molar-refractivity contribution in [3.8, 4) is 0 Å². The van der Waals surface area contributed by atoms with Gasteiger partial charge in [0.15, 0.2) is 0 Å². The maximum absolute atomic E-state index is 5.53. The summed E-state index contributed by atoms with van der Waals surface area (Å²) in [6.07, 6.45) is 0. The zero-order chi connectivity index (χ0) is 8.55. The minimum Gasteiger partial charge on any atom is -0.357 e. The van der Waals surface area contributed by atoms with Gasteiger partial charge in [-0.15, -0.1) is 0 Å². The van der Waals surface area contributed by atoms with E-state index in [9.17, 15) is 0 Å². The Bertz CT molecular complexity index is 401. The van der Waals surface area contributed by atoms with Gasteiger partial charge >= 0.3 is 0 Å². The molecule has 0 saturated carbocycles. The Hall–Kier alpha value is -1.28. The number of hydrogen-bond acceptors (Lipinski definition) is 1. The van der Waals surface area contributed by atoms with E-state index >= 15 is 0 Å². The molecule has 0 bridgehead atoms. The first-order chi connectivity index (χ1) is 5.81. The summed E-state index contributed by atoms with van der Waals surface area (Å²) in [6, 6.07) is 8.34. The lowest BCUT2D eigenvalue weighted by molar-refractivity contribution is 1.02. The van der Waals surface area contributed by atoms with Crippen LogP contribution < -0.4 is 5.73 Å². The van der Waals surface area contributed by atoms with Crippen molar-refractivity contribution < 1.29 is 0 Å². The van der Waals surface area contributed by atoms with Crippen LogP contribution in [0, 0.1) is 6.92 Å². The van der Waals surface area contributed by atoms with Gasteiger partial charge in [0.1, 0.15) is 0 Å². The summed E-state index contributed by atoms with van der Waals surface area (Å²) in [5.41, 5.74) is 9.10. The molecule has 0 unspecified atom stereocenters. The predicted octanol–water partition coefficient (Wildman–Crippen LogP) is 1.94. The summed E-state index contributed by atoms with van der Waals surface area (Å²) in [4.78, 5) is 3.26. The molecule has 0 fully saturated rings. The molecule has 2 nitrogen and oxygen atoms in total. The van der Waals surface area contributed by atoms with E-state index in [1.54, 1.807) is 0 Å². The molecule has 0 amide bonds. The zero-order valence-corrected chi connectivity index (χ0v) is 7.09. The fraction of sp³-hybridized carbons (Fsp3) is 0.200. The Kier molecular flexibility index (Phi) is 1.62.